The van der Waals surface area contributed by atoms with E-state index >= 15 is 0 Å². The maximum atomic E-state index is 5.55. The molecule has 1 aromatic carbocycles. The molecule has 19 heavy (non-hydrogen) atoms. The molecule has 1 N–H and O–H groups in total. The molecule has 1 rings (SSSR count). The zero-order valence-electron chi connectivity index (χ0n) is 12.1. The Hall–Kier alpha value is -0.740. The third-order valence-corrected chi connectivity index (χ3v) is 3.64. The van der Waals surface area contributed by atoms with Gasteiger partial charge in [0.25, 0.3) is 0 Å². The van der Waals surface area contributed by atoms with E-state index in [2.05, 4.69) is 28.2 Å². The lowest BCUT2D eigenvalue weighted by molar-refractivity contribution is 0.310. The molecule has 0 aliphatic carbocycles. The minimum Gasteiger partial charge on any atom is -0.493 e. The lowest BCUT2D eigenvalue weighted by Crippen LogP contribution is -2.15. The van der Waals surface area contributed by atoms with Crippen LogP contribution in [0.1, 0.15) is 38.7 Å². The molecular weight excluding hydrogens is 306 g/mol. The Labute approximate surface area is 124 Å². The average Bonchev–Trinajstić information content (AvgIpc) is 2.41. The van der Waals surface area contributed by atoms with Gasteiger partial charge in [-0.1, -0.05) is 35.7 Å². The fraction of sp³-hybridized carbons (Fsp3) is 0.600. The van der Waals surface area contributed by atoms with Gasteiger partial charge in [-0.15, -0.1) is 0 Å². The molecule has 0 amide bonds. The van der Waals surface area contributed by atoms with E-state index in [1.54, 1.807) is 7.11 Å². The van der Waals surface area contributed by atoms with Crippen LogP contribution in [0.5, 0.6) is 11.5 Å². The van der Waals surface area contributed by atoms with Crippen molar-refractivity contribution in [1.29, 1.82) is 0 Å². The SMILES string of the molecule is CCCCCNCc1cc(OC)c(OCC)cc1Br. The number of benzene rings is 1. The Morgan fingerprint density at radius 1 is 1.16 bits per heavy atom. The topological polar surface area (TPSA) is 30.5 Å². The maximum absolute atomic E-state index is 5.55. The molecule has 108 valence electrons. The normalized spacial score (nSPS) is 10.5. The first-order valence-corrected chi connectivity index (χ1v) is 7.72. The zero-order valence-corrected chi connectivity index (χ0v) is 13.7. The van der Waals surface area contributed by atoms with E-state index < -0.39 is 0 Å². The summed E-state index contributed by atoms with van der Waals surface area (Å²) in [5.41, 5.74) is 1.19. The molecule has 0 unspecified atom stereocenters. The lowest BCUT2D eigenvalue weighted by atomic mass is 10.2. The van der Waals surface area contributed by atoms with Crippen molar-refractivity contribution in [2.75, 3.05) is 20.3 Å². The van der Waals surface area contributed by atoms with Crippen LogP contribution in [0.4, 0.5) is 0 Å². The monoisotopic (exact) mass is 329 g/mol. The van der Waals surface area contributed by atoms with Gasteiger partial charge in [0, 0.05) is 11.0 Å². The van der Waals surface area contributed by atoms with E-state index in [4.69, 9.17) is 9.47 Å². The van der Waals surface area contributed by atoms with Crippen molar-refractivity contribution in [3.63, 3.8) is 0 Å². The van der Waals surface area contributed by atoms with Crippen molar-refractivity contribution < 1.29 is 9.47 Å². The number of rotatable bonds is 9. The van der Waals surface area contributed by atoms with Crippen LogP contribution in [0.3, 0.4) is 0 Å². The molecule has 4 heteroatoms. The van der Waals surface area contributed by atoms with Gasteiger partial charge in [-0.05, 0) is 37.6 Å². The Morgan fingerprint density at radius 3 is 2.58 bits per heavy atom. The number of nitrogens with one attached hydrogen (secondary N) is 1. The van der Waals surface area contributed by atoms with E-state index in [-0.39, 0.29) is 0 Å². The Morgan fingerprint density at radius 2 is 1.95 bits per heavy atom. The van der Waals surface area contributed by atoms with Crippen molar-refractivity contribution in [1.82, 2.24) is 5.32 Å². The number of hydrogen-bond donors (Lipinski definition) is 1. The van der Waals surface area contributed by atoms with Crippen LogP contribution < -0.4 is 14.8 Å². The molecule has 0 spiro atoms. The third kappa shape index (κ3) is 5.41. The van der Waals surface area contributed by atoms with Gasteiger partial charge >= 0.3 is 0 Å². The number of ether oxygens (including phenoxy) is 2. The standard InChI is InChI=1S/C15H24BrNO2/c1-4-6-7-8-17-11-12-9-14(18-3)15(19-5-2)10-13(12)16/h9-10,17H,4-8,11H2,1-3H3. The van der Waals surface area contributed by atoms with Crippen molar-refractivity contribution in [3.05, 3.63) is 22.2 Å². The Bertz CT molecular complexity index is 383. The van der Waals surface area contributed by atoms with Crippen LogP contribution in [0.2, 0.25) is 0 Å². The second kappa shape index (κ2) is 9.21. The molecule has 3 nitrogen and oxygen atoms in total. The molecule has 0 fully saturated rings. The molecule has 0 bridgehead atoms. The summed E-state index contributed by atoms with van der Waals surface area (Å²) < 4.78 is 12.0. The summed E-state index contributed by atoms with van der Waals surface area (Å²) in [5.74, 6) is 1.57. The maximum Gasteiger partial charge on any atom is 0.162 e. The van der Waals surface area contributed by atoms with E-state index in [1.807, 2.05) is 19.1 Å². The molecule has 0 heterocycles. The predicted octanol–water partition coefficient (Wildman–Crippen LogP) is 4.14. The highest BCUT2D eigenvalue weighted by atomic mass is 79.9. The van der Waals surface area contributed by atoms with Gasteiger partial charge in [0.2, 0.25) is 0 Å². The smallest absolute Gasteiger partial charge is 0.162 e. The van der Waals surface area contributed by atoms with Crippen LogP contribution in [0.25, 0.3) is 0 Å². The van der Waals surface area contributed by atoms with Gasteiger partial charge < -0.3 is 14.8 Å². The van der Waals surface area contributed by atoms with Crippen LogP contribution >= 0.6 is 15.9 Å². The van der Waals surface area contributed by atoms with Gasteiger partial charge in [0.1, 0.15) is 0 Å². The van der Waals surface area contributed by atoms with E-state index in [0.29, 0.717) is 6.61 Å². The molecule has 0 aliphatic heterocycles. The summed E-state index contributed by atoms with van der Waals surface area (Å²) in [6, 6.07) is 4.01. The van der Waals surface area contributed by atoms with E-state index in [0.717, 1.165) is 29.1 Å². The number of unbranched alkanes of at least 4 members (excludes halogenated alkanes) is 2. The fourth-order valence-corrected chi connectivity index (χ4v) is 2.33. The molecule has 0 aromatic heterocycles. The third-order valence-electron chi connectivity index (χ3n) is 2.91. The van der Waals surface area contributed by atoms with Gasteiger partial charge in [0.15, 0.2) is 11.5 Å². The number of hydrogen-bond acceptors (Lipinski definition) is 3. The second-order valence-corrected chi connectivity index (χ2v) is 5.27. The average molecular weight is 330 g/mol. The van der Waals surface area contributed by atoms with Gasteiger partial charge in [-0.3, -0.25) is 0 Å². The highest BCUT2D eigenvalue weighted by Gasteiger charge is 2.09. The fourth-order valence-electron chi connectivity index (χ4n) is 1.86. The van der Waals surface area contributed by atoms with Crippen molar-refractivity contribution in [2.45, 2.75) is 39.7 Å². The summed E-state index contributed by atoms with van der Waals surface area (Å²) in [4.78, 5) is 0. The number of methoxy groups -OCH3 is 1. The highest BCUT2D eigenvalue weighted by Crippen LogP contribution is 2.33. The summed E-state index contributed by atoms with van der Waals surface area (Å²) in [5, 5.41) is 3.45. The van der Waals surface area contributed by atoms with Gasteiger partial charge in [-0.25, -0.2) is 0 Å². The minimum absolute atomic E-state index is 0.636. The van der Waals surface area contributed by atoms with E-state index in [9.17, 15) is 0 Å². The first kappa shape index (κ1) is 16.3. The predicted molar refractivity (Wildman–Crippen MR) is 83.1 cm³/mol. The van der Waals surface area contributed by atoms with Crippen molar-refractivity contribution >= 4 is 15.9 Å². The Kier molecular flexibility index (Phi) is 7.91. The summed E-state index contributed by atoms with van der Waals surface area (Å²) in [6.07, 6.45) is 3.76. The van der Waals surface area contributed by atoms with E-state index in [1.165, 1.54) is 24.8 Å². The van der Waals surface area contributed by atoms with Crippen molar-refractivity contribution in [3.8, 4) is 11.5 Å². The minimum atomic E-state index is 0.636. The lowest BCUT2D eigenvalue weighted by Gasteiger charge is -2.13. The molecule has 0 aliphatic rings. The second-order valence-electron chi connectivity index (χ2n) is 4.41. The first-order valence-electron chi connectivity index (χ1n) is 6.92. The number of halogens is 1. The van der Waals surface area contributed by atoms with Crippen LogP contribution in [-0.4, -0.2) is 20.3 Å². The van der Waals surface area contributed by atoms with Crippen molar-refractivity contribution in [2.24, 2.45) is 0 Å². The first-order chi connectivity index (χ1) is 9.22. The molecule has 0 radical (unpaired) electrons. The van der Waals surface area contributed by atoms with Crippen LogP contribution in [-0.2, 0) is 6.54 Å². The summed E-state index contributed by atoms with van der Waals surface area (Å²) in [7, 11) is 1.67. The van der Waals surface area contributed by atoms with Gasteiger partial charge in [0.05, 0.1) is 13.7 Å². The molecular formula is C15H24BrNO2. The largest absolute Gasteiger partial charge is 0.493 e. The van der Waals surface area contributed by atoms with Crippen LogP contribution in [0, 0.1) is 0 Å². The highest BCUT2D eigenvalue weighted by molar-refractivity contribution is 9.10. The van der Waals surface area contributed by atoms with Gasteiger partial charge in [-0.2, -0.15) is 0 Å². The summed E-state index contributed by atoms with van der Waals surface area (Å²) >= 11 is 3.59. The quantitative estimate of drug-likeness (QED) is 0.691. The Balaban J connectivity index is 2.62. The zero-order chi connectivity index (χ0) is 14.1. The molecule has 0 saturated carbocycles. The molecule has 0 saturated heterocycles. The molecule has 1 aromatic rings. The van der Waals surface area contributed by atoms with Crippen LogP contribution in [0.15, 0.2) is 16.6 Å². The summed E-state index contributed by atoms with van der Waals surface area (Å²) in [6.45, 7) is 6.71. The molecule has 0 atom stereocenters.